The van der Waals surface area contributed by atoms with E-state index < -0.39 is 16.5 Å². The summed E-state index contributed by atoms with van der Waals surface area (Å²) in [5, 5.41) is 14.5. The van der Waals surface area contributed by atoms with Gasteiger partial charge in [0.05, 0.1) is 12.0 Å². The number of hydrazine groups is 1. The molecule has 0 aliphatic carbocycles. The lowest BCUT2D eigenvalue weighted by molar-refractivity contribution is -0.383. The van der Waals surface area contributed by atoms with Crippen molar-refractivity contribution >= 4 is 51.5 Å². The molecule has 0 aliphatic rings. The molecule has 2 aromatic carbocycles. The maximum Gasteiger partial charge on any atom is 0.355 e. The van der Waals surface area contributed by atoms with E-state index >= 15 is 0 Å². The number of amides is 1. The molecule has 10 nitrogen and oxygen atoms in total. The third kappa shape index (κ3) is 5.07. The Hall–Kier alpha value is -3.48. The van der Waals surface area contributed by atoms with Crippen molar-refractivity contribution in [2.45, 2.75) is 0 Å². The minimum Gasteiger partial charge on any atom is -0.497 e. The second-order valence-corrected chi connectivity index (χ2v) is 6.86. The maximum absolute atomic E-state index is 12.3. The molecule has 0 atom stereocenters. The van der Waals surface area contributed by atoms with Gasteiger partial charge in [0, 0.05) is 14.8 Å². The Labute approximate surface area is 179 Å². The minimum atomic E-state index is -0.628. The average molecular weight is 506 g/mol. The number of rotatable bonds is 7. The van der Waals surface area contributed by atoms with E-state index in [0.29, 0.717) is 17.0 Å². The minimum absolute atomic E-state index is 0.00703. The molecule has 0 saturated heterocycles. The van der Waals surface area contributed by atoms with Crippen LogP contribution in [0.5, 0.6) is 5.75 Å². The first kappa shape index (κ1) is 20.3. The summed E-state index contributed by atoms with van der Waals surface area (Å²) in [5.41, 5.74) is 5.45. The first-order chi connectivity index (χ1) is 14.0. The molecule has 0 bridgehead atoms. The van der Waals surface area contributed by atoms with E-state index in [1.807, 2.05) is 12.1 Å². The van der Waals surface area contributed by atoms with E-state index in [9.17, 15) is 14.9 Å². The van der Waals surface area contributed by atoms with Crippen molar-refractivity contribution in [1.82, 2.24) is 15.4 Å². The molecule has 148 valence electrons. The Balaban J connectivity index is 1.78. The maximum atomic E-state index is 12.3. The van der Waals surface area contributed by atoms with Gasteiger partial charge in [-0.2, -0.15) is 0 Å². The van der Waals surface area contributed by atoms with Gasteiger partial charge in [0.1, 0.15) is 12.1 Å². The molecule has 0 unspecified atom stereocenters. The van der Waals surface area contributed by atoms with E-state index in [1.165, 1.54) is 7.11 Å². The Bertz CT molecular complexity index is 1030. The highest BCUT2D eigenvalue weighted by Crippen LogP contribution is 2.30. The van der Waals surface area contributed by atoms with Gasteiger partial charge in [0.25, 0.3) is 5.91 Å². The third-order valence-electron chi connectivity index (χ3n) is 3.76. The number of halogens is 1. The molecule has 3 rings (SSSR count). The van der Waals surface area contributed by atoms with Gasteiger partial charge in [-0.15, -0.1) is 0 Å². The number of aromatic nitrogens is 2. The zero-order valence-electron chi connectivity index (χ0n) is 15.0. The van der Waals surface area contributed by atoms with Crippen LogP contribution in [0.25, 0.3) is 0 Å². The highest BCUT2D eigenvalue weighted by atomic mass is 127. The first-order valence-corrected chi connectivity index (χ1v) is 9.28. The number of carbonyl (C=O) groups excluding carboxylic acids is 1. The van der Waals surface area contributed by atoms with E-state index in [1.54, 1.807) is 36.4 Å². The molecule has 11 heteroatoms. The lowest BCUT2D eigenvalue weighted by Gasteiger charge is -2.11. The van der Waals surface area contributed by atoms with Gasteiger partial charge >= 0.3 is 5.69 Å². The van der Waals surface area contributed by atoms with Crippen LogP contribution in [0, 0.1) is 13.7 Å². The molecular formula is C18H15IN6O4. The number of nitrogens with one attached hydrogen (secondary N) is 3. The Morgan fingerprint density at radius 1 is 1.07 bits per heavy atom. The molecule has 3 aromatic rings. The van der Waals surface area contributed by atoms with Crippen LogP contribution < -0.4 is 20.9 Å². The molecule has 1 heterocycles. The average Bonchev–Trinajstić information content (AvgIpc) is 2.73. The predicted octanol–water partition coefficient (Wildman–Crippen LogP) is 3.50. The fourth-order valence-electron chi connectivity index (χ4n) is 2.34. The lowest BCUT2D eigenvalue weighted by Crippen LogP contribution is -2.30. The molecule has 3 N–H and O–H groups in total. The molecule has 0 radical (unpaired) electrons. The Morgan fingerprint density at radius 3 is 2.34 bits per heavy atom. The fourth-order valence-corrected chi connectivity index (χ4v) is 2.69. The fraction of sp³-hybridized carbons (Fsp3) is 0.0556. The van der Waals surface area contributed by atoms with Gasteiger partial charge in [-0.25, -0.2) is 9.97 Å². The monoisotopic (exact) mass is 506 g/mol. The molecule has 29 heavy (non-hydrogen) atoms. The second-order valence-electron chi connectivity index (χ2n) is 5.62. The molecule has 1 amide bonds. The molecule has 0 saturated carbocycles. The van der Waals surface area contributed by atoms with Crippen molar-refractivity contribution in [2.75, 3.05) is 17.9 Å². The SMILES string of the molecule is COc1ccc(C(=O)NNc2ncnc(Nc3ccc(I)cc3)c2[N+](=O)[O-])cc1. The van der Waals surface area contributed by atoms with Crippen LogP contribution in [0.15, 0.2) is 54.9 Å². The third-order valence-corrected chi connectivity index (χ3v) is 4.48. The van der Waals surface area contributed by atoms with Gasteiger partial charge in [-0.3, -0.25) is 25.8 Å². The number of hydrogen-bond acceptors (Lipinski definition) is 8. The summed E-state index contributed by atoms with van der Waals surface area (Å²) in [6, 6.07) is 13.6. The van der Waals surface area contributed by atoms with Crippen LogP contribution in [0.1, 0.15) is 10.4 Å². The van der Waals surface area contributed by atoms with Crippen LogP contribution in [-0.4, -0.2) is 27.9 Å². The van der Waals surface area contributed by atoms with E-state index in [2.05, 4.69) is 48.7 Å². The predicted molar refractivity (Wildman–Crippen MR) is 115 cm³/mol. The van der Waals surface area contributed by atoms with Gasteiger partial charge < -0.3 is 10.1 Å². The Kier molecular flexibility index (Phi) is 6.39. The summed E-state index contributed by atoms with van der Waals surface area (Å²) in [6.45, 7) is 0. The molecule has 0 fully saturated rings. The largest absolute Gasteiger partial charge is 0.497 e. The van der Waals surface area contributed by atoms with Crippen LogP contribution in [0.3, 0.4) is 0 Å². The normalized spacial score (nSPS) is 10.1. The zero-order chi connectivity index (χ0) is 20.8. The van der Waals surface area contributed by atoms with Gasteiger partial charge in [0.2, 0.25) is 11.6 Å². The summed E-state index contributed by atoms with van der Waals surface area (Å²) in [7, 11) is 1.52. The summed E-state index contributed by atoms with van der Waals surface area (Å²) in [4.78, 5) is 31.0. The number of ether oxygens (including phenoxy) is 1. The van der Waals surface area contributed by atoms with E-state index in [0.717, 1.165) is 9.90 Å². The first-order valence-electron chi connectivity index (χ1n) is 8.20. The molecule has 0 aliphatic heterocycles. The summed E-state index contributed by atoms with van der Waals surface area (Å²) in [6.07, 6.45) is 1.16. The topological polar surface area (TPSA) is 131 Å². The smallest absolute Gasteiger partial charge is 0.355 e. The van der Waals surface area contributed by atoms with Gasteiger partial charge in [-0.05, 0) is 71.1 Å². The van der Waals surface area contributed by atoms with Crippen LogP contribution in [-0.2, 0) is 0 Å². The second kappa shape index (κ2) is 9.14. The van der Waals surface area contributed by atoms with Gasteiger partial charge in [-0.1, -0.05) is 0 Å². The summed E-state index contributed by atoms with van der Waals surface area (Å²) >= 11 is 2.16. The quantitative estimate of drug-likeness (QED) is 0.252. The number of nitrogens with zero attached hydrogens (tertiary/aromatic N) is 3. The van der Waals surface area contributed by atoms with Crippen molar-refractivity contribution in [2.24, 2.45) is 0 Å². The number of methoxy groups -OCH3 is 1. The van der Waals surface area contributed by atoms with Crippen molar-refractivity contribution in [3.05, 3.63) is 74.1 Å². The highest BCUT2D eigenvalue weighted by molar-refractivity contribution is 14.1. The summed E-state index contributed by atoms with van der Waals surface area (Å²) in [5.74, 6) is -0.0488. The molecule has 0 spiro atoms. The number of carbonyl (C=O) groups is 1. The summed E-state index contributed by atoms with van der Waals surface area (Å²) < 4.78 is 6.06. The standard InChI is InChI=1S/C18H15IN6O4/c1-29-14-8-2-11(3-9-14)18(26)24-23-17-15(25(27)28)16(20-10-21-17)22-13-6-4-12(19)5-7-13/h2-10H,1H3,(H,24,26)(H2,20,21,22,23). The number of anilines is 3. The number of benzene rings is 2. The van der Waals surface area contributed by atoms with Crippen LogP contribution in [0.2, 0.25) is 0 Å². The Morgan fingerprint density at radius 2 is 1.72 bits per heavy atom. The zero-order valence-corrected chi connectivity index (χ0v) is 17.2. The van der Waals surface area contributed by atoms with Crippen molar-refractivity contribution < 1.29 is 14.5 Å². The van der Waals surface area contributed by atoms with Crippen LogP contribution >= 0.6 is 22.6 Å². The number of hydrogen-bond donors (Lipinski definition) is 3. The number of nitro groups is 1. The van der Waals surface area contributed by atoms with Gasteiger partial charge in [0.15, 0.2) is 0 Å². The van der Waals surface area contributed by atoms with E-state index in [4.69, 9.17) is 4.74 Å². The lowest BCUT2D eigenvalue weighted by atomic mass is 10.2. The van der Waals surface area contributed by atoms with Crippen LogP contribution in [0.4, 0.5) is 23.0 Å². The van der Waals surface area contributed by atoms with Crippen molar-refractivity contribution in [3.63, 3.8) is 0 Å². The molecular weight excluding hydrogens is 491 g/mol. The van der Waals surface area contributed by atoms with E-state index in [-0.39, 0.29) is 11.6 Å². The highest BCUT2D eigenvalue weighted by Gasteiger charge is 2.23. The molecule has 1 aromatic heterocycles. The van der Waals surface area contributed by atoms with Crippen molar-refractivity contribution in [3.8, 4) is 5.75 Å². The van der Waals surface area contributed by atoms with Crippen molar-refractivity contribution in [1.29, 1.82) is 0 Å².